The molecule has 1 amide bonds. The monoisotopic (exact) mass is 630 g/mol. The summed E-state index contributed by atoms with van der Waals surface area (Å²) in [7, 11) is -3.65. The third-order valence-electron chi connectivity index (χ3n) is 6.98. The van der Waals surface area contributed by atoms with Gasteiger partial charge in [-0.15, -0.1) is 0 Å². The van der Waals surface area contributed by atoms with Crippen LogP contribution < -0.4 is 14.8 Å². The first-order valence-electron chi connectivity index (χ1n) is 14.8. The zero-order valence-electron chi connectivity index (χ0n) is 25.9. The van der Waals surface area contributed by atoms with Crippen molar-refractivity contribution >= 4 is 27.8 Å². The van der Waals surface area contributed by atoms with Crippen LogP contribution in [0.1, 0.15) is 44.7 Å². The molecule has 0 bridgehead atoms. The number of carbonyl (C=O) groups is 1. The molecule has 12 heteroatoms. The molecule has 1 atom stereocenters. The summed E-state index contributed by atoms with van der Waals surface area (Å²) < 4.78 is 40.1. The van der Waals surface area contributed by atoms with Gasteiger partial charge in [0.25, 0.3) is 0 Å². The summed E-state index contributed by atoms with van der Waals surface area (Å²) in [5.74, 6) is 1.03. The maximum absolute atomic E-state index is 12.8. The summed E-state index contributed by atoms with van der Waals surface area (Å²) in [5.41, 5.74) is 2.54. The lowest BCUT2D eigenvalue weighted by Gasteiger charge is -2.34. The Morgan fingerprint density at radius 1 is 1.02 bits per heavy atom. The molecule has 0 aliphatic carbocycles. The number of anilines is 2. The third-order valence-corrected chi connectivity index (χ3v) is 8.24. The van der Waals surface area contributed by atoms with Crippen LogP contribution in [0, 0.1) is 6.92 Å². The largest absolute Gasteiger partial charge is 0.444 e. The molecule has 11 nitrogen and oxygen atoms in total. The molecule has 4 aromatic rings. The molecule has 45 heavy (non-hydrogen) atoms. The Kier molecular flexibility index (Phi) is 9.52. The summed E-state index contributed by atoms with van der Waals surface area (Å²) in [6.07, 6.45) is 4.64. The number of nitrogens with one attached hydrogen (secondary N) is 2. The predicted octanol–water partition coefficient (Wildman–Crippen LogP) is 6.39. The Morgan fingerprint density at radius 3 is 2.60 bits per heavy atom. The topological polar surface area (TPSA) is 136 Å². The number of aryl methyl sites for hydroxylation is 1. The molecule has 5 rings (SSSR count). The SMILES string of the molecule is Cc1ccc(NS(=O)(=O)Cc2ccccc2)cc1Oc1ncccc1-c1ccnc(N[C@H]2CCCN(C(=O)OC(C)(C)C)C2)n1. The Bertz CT molecular complexity index is 1740. The zero-order valence-corrected chi connectivity index (χ0v) is 26.7. The highest BCUT2D eigenvalue weighted by Crippen LogP contribution is 2.33. The molecule has 1 aliphatic heterocycles. The van der Waals surface area contributed by atoms with Crippen molar-refractivity contribution in [2.24, 2.45) is 0 Å². The highest BCUT2D eigenvalue weighted by Gasteiger charge is 2.28. The van der Waals surface area contributed by atoms with Crippen molar-refractivity contribution in [1.29, 1.82) is 0 Å². The van der Waals surface area contributed by atoms with E-state index >= 15 is 0 Å². The van der Waals surface area contributed by atoms with Crippen LogP contribution in [0.4, 0.5) is 16.4 Å². The van der Waals surface area contributed by atoms with E-state index in [4.69, 9.17) is 14.5 Å². The van der Waals surface area contributed by atoms with Crippen LogP contribution in [0.3, 0.4) is 0 Å². The van der Waals surface area contributed by atoms with Crippen molar-refractivity contribution in [2.75, 3.05) is 23.1 Å². The Morgan fingerprint density at radius 2 is 1.82 bits per heavy atom. The standard InChI is InChI=1S/C33H38N6O5S/c1-23-14-15-25(38-45(41,42)22-24-10-6-5-7-11-24)20-29(23)43-30-27(13-8-17-34-30)28-16-18-35-31(37-28)36-26-12-9-19-39(21-26)32(40)44-33(2,3)4/h5-8,10-11,13-18,20,26,38H,9,12,19,21-22H2,1-4H3,(H,35,36,37)/t26-/m0/s1. The molecule has 2 aromatic heterocycles. The number of sulfonamides is 1. The van der Waals surface area contributed by atoms with Crippen LogP contribution in [0.15, 0.2) is 79.1 Å². The first-order chi connectivity index (χ1) is 21.4. The number of hydrogen-bond donors (Lipinski definition) is 2. The molecule has 0 saturated carbocycles. The van der Waals surface area contributed by atoms with Gasteiger partial charge in [-0.1, -0.05) is 36.4 Å². The average molecular weight is 631 g/mol. The van der Waals surface area contributed by atoms with Crippen molar-refractivity contribution in [3.8, 4) is 22.9 Å². The fraction of sp³-hybridized carbons (Fsp3) is 0.333. The lowest BCUT2D eigenvalue weighted by molar-refractivity contribution is 0.0206. The minimum absolute atomic E-state index is 0.0396. The van der Waals surface area contributed by atoms with Crippen LogP contribution >= 0.6 is 0 Å². The number of ether oxygens (including phenoxy) is 2. The van der Waals surface area contributed by atoms with Crippen molar-refractivity contribution < 1.29 is 22.7 Å². The summed E-state index contributed by atoms with van der Waals surface area (Å²) in [6.45, 7) is 8.55. The summed E-state index contributed by atoms with van der Waals surface area (Å²) in [5, 5.41) is 3.37. The minimum Gasteiger partial charge on any atom is -0.444 e. The molecule has 2 N–H and O–H groups in total. The average Bonchev–Trinajstić information content (AvgIpc) is 2.99. The van der Waals surface area contributed by atoms with Crippen molar-refractivity contribution in [3.05, 3.63) is 90.3 Å². The van der Waals surface area contributed by atoms with Gasteiger partial charge in [0, 0.05) is 37.6 Å². The van der Waals surface area contributed by atoms with Crippen LogP contribution in [0.2, 0.25) is 0 Å². The number of aromatic nitrogens is 3. The molecule has 1 saturated heterocycles. The van der Waals surface area contributed by atoms with Gasteiger partial charge in [0.05, 0.1) is 22.7 Å². The molecule has 0 radical (unpaired) electrons. The first-order valence-corrected chi connectivity index (χ1v) is 16.5. The van der Waals surface area contributed by atoms with E-state index < -0.39 is 15.6 Å². The van der Waals surface area contributed by atoms with Crippen LogP contribution in [-0.2, 0) is 20.5 Å². The van der Waals surface area contributed by atoms with Crippen molar-refractivity contribution in [2.45, 2.75) is 57.9 Å². The van der Waals surface area contributed by atoms with Gasteiger partial charge in [0.1, 0.15) is 11.4 Å². The van der Waals surface area contributed by atoms with E-state index in [9.17, 15) is 13.2 Å². The van der Waals surface area contributed by atoms with Gasteiger partial charge in [-0.25, -0.2) is 28.2 Å². The minimum atomic E-state index is -3.65. The van der Waals surface area contributed by atoms with E-state index in [0.717, 1.165) is 18.4 Å². The molecule has 236 valence electrons. The van der Waals surface area contributed by atoms with Crippen molar-refractivity contribution in [3.63, 3.8) is 0 Å². The van der Waals surface area contributed by atoms with Gasteiger partial charge in [-0.3, -0.25) is 4.72 Å². The van der Waals surface area contributed by atoms with Crippen LogP contribution in [0.5, 0.6) is 11.6 Å². The zero-order chi connectivity index (χ0) is 32.0. The molecule has 0 spiro atoms. The smallest absolute Gasteiger partial charge is 0.410 e. The summed E-state index contributed by atoms with van der Waals surface area (Å²) >= 11 is 0. The summed E-state index contributed by atoms with van der Waals surface area (Å²) in [6, 6.07) is 19.5. The third kappa shape index (κ3) is 8.91. The normalized spacial score (nSPS) is 15.3. The van der Waals surface area contributed by atoms with Gasteiger partial charge in [0.15, 0.2) is 0 Å². The Hall–Kier alpha value is -4.71. The van der Waals surface area contributed by atoms with E-state index in [1.165, 1.54) is 0 Å². The van der Waals surface area contributed by atoms with E-state index in [0.29, 0.717) is 53.2 Å². The second kappa shape index (κ2) is 13.5. The molecular formula is C33H38N6O5S. The first kappa shape index (κ1) is 31.7. The Balaban J connectivity index is 1.30. The fourth-order valence-corrected chi connectivity index (χ4v) is 6.09. The van der Waals surface area contributed by atoms with E-state index in [-0.39, 0.29) is 17.9 Å². The number of likely N-dealkylation sites (tertiary alicyclic amines) is 1. The number of hydrogen-bond acceptors (Lipinski definition) is 9. The number of nitrogens with zero attached hydrogens (tertiary/aromatic N) is 4. The van der Waals surface area contributed by atoms with Crippen LogP contribution in [-0.4, -0.2) is 59.1 Å². The Labute approximate surface area is 264 Å². The van der Waals surface area contributed by atoms with Crippen LogP contribution in [0.25, 0.3) is 11.3 Å². The number of benzene rings is 2. The van der Waals surface area contributed by atoms with Gasteiger partial charge in [-0.2, -0.15) is 0 Å². The van der Waals surface area contributed by atoms with Gasteiger partial charge < -0.3 is 19.7 Å². The molecule has 3 heterocycles. The summed E-state index contributed by atoms with van der Waals surface area (Å²) in [4.78, 5) is 27.9. The highest BCUT2D eigenvalue weighted by molar-refractivity contribution is 7.91. The van der Waals surface area contributed by atoms with Gasteiger partial charge in [-0.05, 0) is 75.9 Å². The fourth-order valence-electron chi connectivity index (χ4n) is 4.90. The second-order valence-corrected chi connectivity index (χ2v) is 13.7. The maximum atomic E-state index is 12.8. The van der Waals surface area contributed by atoms with Gasteiger partial charge in [0.2, 0.25) is 21.9 Å². The quantitative estimate of drug-likeness (QED) is 0.216. The molecular weight excluding hydrogens is 592 g/mol. The highest BCUT2D eigenvalue weighted by atomic mass is 32.2. The lowest BCUT2D eigenvalue weighted by Crippen LogP contribution is -2.47. The number of amides is 1. The molecule has 0 unspecified atom stereocenters. The van der Waals surface area contributed by atoms with E-state index in [1.807, 2.05) is 39.8 Å². The molecule has 1 fully saturated rings. The number of pyridine rings is 1. The maximum Gasteiger partial charge on any atom is 0.410 e. The van der Waals surface area contributed by atoms with E-state index in [1.54, 1.807) is 71.9 Å². The number of piperidine rings is 1. The second-order valence-electron chi connectivity index (χ2n) is 12.0. The lowest BCUT2D eigenvalue weighted by atomic mass is 10.1. The van der Waals surface area contributed by atoms with E-state index in [2.05, 4.69) is 20.0 Å². The molecule has 1 aliphatic rings. The number of rotatable bonds is 9. The van der Waals surface area contributed by atoms with Crippen molar-refractivity contribution in [1.82, 2.24) is 19.9 Å². The molecule has 2 aromatic carbocycles. The predicted molar refractivity (Wildman–Crippen MR) is 174 cm³/mol. The van der Waals surface area contributed by atoms with Gasteiger partial charge >= 0.3 is 6.09 Å². The number of carbonyl (C=O) groups excluding carboxylic acids is 1.